The maximum Gasteiger partial charge on any atom is 0.240 e. The van der Waals surface area contributed by atoms with E-state index in [0.29, 0.717) is 6.04 Å². The zero-order valence-electron chi connectivity index (χ0n) is 14.5. The van der Waals surface area contributed by atoms with Crippen LogP contribution in [0.4, 0.5) is 0 Å². The molecule has 5 heteroatoms. The Labute approximate surface area is 130 Å². The molecule has 1 aliphatic rings. The number of carbonyl (C=O) groups is 1. The molecular weight excluding hydrogens is 264 g/mol. The maximum atomic E-state index is 12.8. The first-order chi connectivity index (χ1) is 9.86. The Balaban J connectivity index is 2.73. The van der Waals surface area contributed by atoms with Crippen molar-refractivity contribution in [2.75, 3.05) is 47.3 Å². The second-order valence-electron chi connectivity index (χ2n) is 6.78. The number of likely N-dealkylation sites (tertiary alicyclic amines) is 1. The van der Waals surface area contributed by atoms with Gasteiger partial charge in [0, 0.05) is 19.1 Å². The third kappa shape index (κ3) is 5.57. The molecule has 2 N–H and O–H groups in total. The van der Waals surface area contributed by atoms with E-state index in [0.717, 1.165) is 45.4 Å². The van der Waals surface area contributed by atoms with Crippen LogP contribution < -0.4 is 5.73 Å². The van der Waals surface area contributed by atoms with Crippen LogP contribution in [0.1, 0.15) is 33.1 Å². The van der Waals surface area contributed by atoms with Gasteiger partial charge in [-0.05, 0) is 53.0 Å². The number of piperidine rings is 1. The van der Waals surface area contributed by atoms with Crippen molar-refractivity contribution >= 4 is 5.91 Å². The van der Waals surface area contributed by atoms with Gasteiger partial charge in [0.1, 0.15) is 0 Å². The number of rotatable bonds is 7. The topological polar surface area (TPSA) is 52.8 Å². The number of hydrogen-bond donors (Lipinski definition) is 1. The molecule has 1 heterocycles. The fraction of sp³-hybridized carbons (Fsp3) is 0.938. The molecule has 0 bridgehead atoms. The number of likely N-dealkylation sites (N-methyl/N-ethyl adjacent to an activating group) is 1. The van der Waals surface area contributed by atoms with Crippen molar-refractivity contribution in [1.29, 1.82) is 0 Å². The molecule has 1 amide bonds. The SMILES string of the molecule is CCC(C)[C@H](N)C(=O)N(CCN(C)C)C1CCN(C)CC1. The molecule has 5 nitrogen and oxygen atoms in total. The molecule has 0 aromatic rings. The minimum atomic E-state index is -0.364. The molecule has 2 atom stereocenters. The van der Waals surface area contributed by atoms with Crippen molar-refractivity contribution in [3.8, 4) is 0 Å². The van der Waals surface area contributed by atoms with Gasteiger partial charge in [-0.3, -0.25) is 4.79 Å². The average Bonchev–Trinajstić information content (AvgIpc) is 2.47. The van der Waals surface area contributed by atoms with Gasteiger partial charge in [-0.25, -0.2) is 0 Å². The van der Waals surface area contributed by atoms with E-state index in [-0.39, 0.29) is 17.9 Å². The maximum absolute atomic E-state index is 12.8. The summed E-state index contributed by atoms with van der Waals surface area (Å²) in [5.41, 5.74) is 6.20. The summed E-state index contributed by atoms with van der Waals surface area (Å²) in [5, 5.41) is 0. The van der Waals surface area contributed by atoms with Gasteiger partial charge in [0.25, 0.3) is 0 Å². The van der Waals surface area contributed by atoms with E-state index in [4.69, 9.17) is 5.73 Å². The first kappa shape index (κ1) is 18.4. The van der Waals surface area contributed by atoms with Crippen molar-refractivity contribution in [3.63, 3.8) is 0 Å². The monoisotopic (exact) mass is 298 g/mol. The predicted molar refractivity (Wildman–Crippen MR) is 88.2 cm³/mol. The lowest BCUT2D eigenvalue weighted by atomic mass is 9.96. The summed E-state index contributed by atoms with van der Waals surface area (Å²) < 4.78 is 0. The molecule has 1 rings (SSSR count). The van der Waals surface area contributed by atoms with Crippen LogP contribution in [-0.2, 0) is 4.79 Å². The van der Waals surface area contributed by atoms with Crippen molar-refractivity contribution < 1.29 is 4.79 Å². The first-order valence-electron chi connectivity index (χ1n) is 8.26. The minimum Gasteiger partial charge on any atom is -0.337 e. The lowest BCUT2D eigenvalue weighted by Crippen LogP contribution is -2.54. The highest BCUT2D eigenvalue weighted by Crippen LogP contribution is 2.18. The van der Waals surface area contributed by atoms with Crippen LogP contribution in [0.3, 0.4) is 0 Å². The van der Waals surface area contributed by atoms with Crippen LogP contribution in [0.5, 0.6) is 0 Å². The van der Waals surface area contributed by atoms with Crippen molar-refractivity contribution in [1.82, 2.24) is 14.7 Å². The smallest absolute Gasteiger partial charge is 0.240 e. The summed E-state index contributed by atoms with van der Waals surface area (Å²) in [6.45, 7) is 7.97. The van der Waals surface area contributed by atoms with Crippen LogP contribution in [0.25, 0.3) is 0 Å². The van der Waals surface area contributed by atoms with E-state index in [9.17, 15) is 4.79 Å². The number of amides is 1. The van der Waals surface area contributed by atoms with Gasteiger partial charge in [0.15, 0.2) is 0 Å². The van der Waals surface area contributed by atoms with E-state index in [1.54, 1.807) is 0 Å². The summed E-state index contributed by atoms with van der Waals surface area (Å²) in [6, 6.07) is -0.0134. The largest absolute Gasteiger partial charge is 0.337 e. The first-order valence-corrected chi connectivity index (χ1v) is 8.26. The fourth-order valence-electron chi connectivity index (χ4n) is 2.78. The zero-order chi connectivity index (χ0) is 16.0. The Morgan fingerprint density at radius 3 is 2.33 bits per heavy atom. The van der Waals surface area contributed by atoms with Crippen LogP contribution >= 0.6 is 0 Å². The van der Waals surface area contributed by atoms with Crippen molar-refractivity contribution in [2.24, 2.45) is 11.7 Å². The number of carbonyl (C=O) groups excluding carboxylic acids is 1. The van der Waals surface area contributed by atoms with Crippen LogP contribution in [0.2, 0.25) is 0 Å². The highest BCUT2D eigenvalue weighted by Gasteiger charge is 2.31. The molecule has 1 unspecified atom stereocenters. The second-order valence-corrected chi connectivity index (χ2v) is 6.78. The summed E-state index contributed by atoms with van der Waals surface area (Å²) in [4.78, 5) is 19.3. The van der Waals surface area contributed by atoms with Gasteiger partial charge in [-0.1, -0.05) is 20.3 Å². The molecule has 0 radical (unpaired) electrons. The Morgan fingerprint density at radius 2 is 1.86 bits per heavy atom. The van der Waals surface area contributed by atoms with Crippen LogP contribution in [-0.4, -0.2) is 80.0 Å². The standard InChI is InChI=1S/C16H34N4O/c1-6-13(2)15(17)16(21)20(12-11-18(3)4)14-7-9-19(5)10-8-14/h13-15H,6-12,17H2,1-5H3/t13?,15-/m0/s1. The Hall–Kier alpha value is -0.650. The van der Waals surface area contributed by atoms with E-state index in [2.05, 4.69) is 35.6 Å². The summed E-state index contributed by atoms with van der Waals surface area (Å²) in [5.74, 6) is 0.381. The molecule has 1 aliphatic heterocycles. The molecule has 0 aromatic heterocycles. The highest BCUT2D eigenvalue weighted by atomic mass is 16.2. The van der Waals surface area contributed by atoms with E-state index in [1.165, 1.54) is 0 Å². The quantitative estimate of drug-likeness (QED) is 0.757. The van der Waals surface area contributed by atoms with Gasteiger partial charge in [-0.2, -0.15) is 0 Å². The minimum absolute atomic E-state index is 0.140. The van der Waals surface area contributed by atoms with E-state index >= 15 is 0 Å². The van der Waals surface area contributed by atoms with E-state index < -0.39 is 0 Å². The molecule has 0 spiro atoms. The number of hydrogen-bond acceptors (Lipinski definition) is 4. The fourth-order valence-corrected chi connectivity index (χ4v) is 2.78. The lowest BCUT2D eigenvalue weighted by Gasteiger charge is -2.39. The molecule has 21 heavy (non-hydrogen) atoms. The third-order valence-electron chi connectivity index (χ3n) is 4.74. The summed E-state index contributed by atoms with van der Waals surface area (Å²) in [7, 11) is 6.24. The summed E-state index contributed by atoms with van der Waals surface area (Å²) in [6.07, 6.45) is 3.06. The van der Waals surface area contributed by atoms with Crippen molar-refractivity contribution in [3.05, 3.63) is 0 Å². The number of nitrogens with two attached hydrogens (primary N) is 1. The molecule has 124 valence electrons. The Bertz CT molecular complexity index is 313. The van der Waals surface area contributed by atoms with Gasteiger partial charge in [0.05, 0.1) is 6.04 Å². The van der Waals surface area contributed by atoms with E-state index in [1.807, 2.05) is 14.1 Å². The Morgan fingerprint density at radius 1 is 1.29 bits per heavy atom. The average molecular weight is 298 g/mol. The highest BCUT2D eigenvalue weighted by molar-refractivity contribution is 5.82. The van der Waals surface area contributed by atoms with Crippen LogP contribution in [0.15, 0.2) is 0 Å². The zero-order valence-corrected chi connectivity index (χ0v) is 14.5. The molecular formula is C16H34N4O. The van der Waals surface area contributed by atoms with Gasteiger partial charge >= 0.3 is 0 Å². The summed E-state index contributed by atoms with van der Waals surface area (Å²) >= 11 is 0. The van der Waals surface area contributed by atoms with Gasteiger partial charge in [-0.15, -0.1) is 0 Å². The molecule has 1 fully saturated rings. The normalized spacial score (nSPS) is 20.5. The lowest BCUT2D eigenvalue weighted by molar-refractivity contribution is -0.137. The third-order valence-corrected chi connectivity index (χ3v) is 4.74. The Kier molecular flexibility index (Phi) is 7.63. The molecule has 0 aromatic carbocycles. The van der Waals surface area contributed by atoms with Crippen molar-refractivity contribution in [2.45, 2.75) is 45.2 Å². The number of nitrogens with zero attached hydrogens (tertiary/aromatic N) is 3. The molecule has 1 saturated heterocycles. The molecule has 0 aliphatic carbocycles. The predicted octanol–water partition coefficient (Wildman–Crippen LogP) is 0.844. The molecule has 0 saturated carbocycles. The van der Waals surface area contributed by atoms with Gasteiger partial charge in [0.2, 0.25) is 5.91 Å². The van der Waals surface area contributed by atoms with Gasteiger partial charge < -0.3 is 20.4 Å². The second kappa shape index (κ2) is 8.71. The van der Waals surface area contributed by atoms with Crippen LogP contribution in [0, 0.1) is 5.92 Å².